The number of aromatic nitrogens is 1. The highest BCUT2D eigenvalue weighted by Gasteiger charge is 2.40. The Bertz CT molecular complexity index is 1560. The van der Waals surface area contributed by atoms with Gasteiger partial charge >= 0.3 is 17.9 Å². The summed E-state index contributed by atoms with van der Waals surface area (Å²) in [6.45, 7) is 15.5. The Kier molecular flexibility index (Phi) is 12.2. The van der Waals surface area contributed by atoms with E-state index < -0.39 is 39.8 Å². The Balaban J connectivity index is 1.63. The van der Waals surface area contributed by atoms with E-state index in [4.69, 9.17) is 14.2 Å². The van der Waals surface area contributed by atoms with Crippen LogP contribution in [0.4, 0.5) is 26.8 Å². The highest BCUT2D eigenvalue weighted by Crippen LogP contribution is 2.39. The van der Waals surface area contributed by atoms with Crippen LogP contribution in [0.2, 0.25) is 0 Å². The van der Waals surface area contributed by atoms with Crippen molar-refractivity contribution in [3.05, 3.63) is 75.8 Å². The lowest BCUT2D eigenvalue weighted by Gasteiger charge is -2.28. The van der Waals surface area contributed by atoms with Gasteiger partial charge in [0.1, 0.15) is 16.9 Å². The maximum atomic E-state index is 13.4. The monoisotopic (exact) mass is 675 g/mol. The van der Waals surface area contributed by atoms with Gasteiger partial charge in [-0.25, -0.2) is 9.59 Å². The number of unbranched alkanes of at least 4 members (excludes halogenated alkanes) is 1. The Labute approximate surface area is 288 Å². The zero-order valence-corrected chi connectivity index (χ0v) is 29.7. The average molecular weight is 676 g/mol. The third kappa shape index (κ3) is 10.9. The molecule has 1 aliphatic heterocycles. The molecule has 3 aromatic rings. The fraction of sp³-hybridized carbons (Fsp3) is 0.486. The van der Waals surface area contributed by atoms with E-state index in [-0.39, 0.29) is 24.7 Å². The molecule has 0 spiro atoms. The largest absolute Gasteiger partial charge is 0.478 e. The highest BCUT2D eigenvalue weighted by molar-refractivity contribution is 6.11. The van der Waals surface area contributed by atoms with Crippen molar-refractivity contribution in [3.8, 4) is 17.0 Å². The van der Waals surface area contributed by atoms with Crippen LogP contribution >= 0.6 is 0 Å². The molecule has 12 heteroatoms. The quantitative estimate of drug-likeness (QED) is 0.113. The lowest BCUT2D eigenvalue weighted by molar-refractivity contribution is -0.383. The van der Waals surface area contributed by atoms with E-state index in [1.165, 1.54) is 24.5 Å². The number of hydrogen-bond acceptors (Lipinski definition) is 10. The van der Waals surface area contributed by atoms with Crippen molar-refractivity contribution >= 4 is 29.4 Å². The molecule has 2 amide bonds. The first kappa shape index (κ1) is 37.1. The van der Waals surface area contributed by atoms with Crippen molar-refractivity contribution in [2.24, 2.45) is 0 Å². The Morgan fingerprint density at radius 2 is 1.43 bits per heavy atom. The van der Waals surface area contributed by atoms with Gasteiger partial charge in [0.2, 0.25) is 11.7 Å². The number of ether oxygens (including phenoxy) is 3. The minimum Gasteiger partial charge on any atom is -0.478 e. The summed E-state index contributed by atoms with van der Waals surface area (Å²) >= 11 is 0. The summed E-state index contributed by atoms with van der Waals surface area (Å²) in [6.07, 6.45) is 1.72. The first-order valence-electron chi connectivity index (χ1n) is 16.9. The fourth-order valence-corrected chi connectivity index (χ4v) is 5.24. The van der Waals surface area contributed by atoms with Crippen LogP contribution in [0, 0.1) is 10.1 Å². The summed E-state index contributed by atoms with van der Waals surface area (Å²) in [4.78, 5) is 46.0. The molecule has 0 saturated carbocycles. The fourth-order valence-electron chi connectivity index (χ4n) is 5.24. The Morgan fingerprint density at radius 3 is 1.92 bits per heavy atom. The van der Waals surface area contributed by atoms with Crippen LogP contribution in [-0.4, -0.2) is 57.9 Å². The molecular weight excluding hydrogens is 626 g/mol. The number of amides is 2. The summed E-state index contributed by atoms with van der Waals surface area (Å²) in [5.41, 5.74) is 1.64. The molecule has 0 unspecified atom stereocenters. The van der Waals surface area contributed by atoms with Crippen LogP contribution in [0.25, 0.3) is 11.1 Å². The minimum absolute atomic E-state index is 0.00260. The van der Waals surface area contributed by atoms with E-state index in [1.54, 1.807) is 41.5 Å². The number of carbonyl (C=O) groups excluding carboxylic acids is 2. The SMILES string of the molecule is CCCCOc1cc(NCc2ccc(-c3ccc(CN4CCCC4)cc3)cc2)c([N+](=O)[O-])c(N(C(=O)OC(C)(C)C)C(=O)OC(C)(C)C)n1. The van der Waals surface area contributed by atoms with Gasteiger partial charge in [-0.1, -0.05) is 61.9 Å². The maximum absolute atomic E-state index is 13.4. The van der Waals surface area contributed by atoms with Gasteiger partial charge in [-0.15, -0.1) is 0 Å². The summed E-state index contributed by atoms with van der Waals surface area (Å²) in [7, 11) is 0. The van der Waals surface area contributed by atoms with E-state index in [1.807, 2.05) is 31.2 Å². The average Bonchev–Trinajstić information content (AvgIpc) is 3.52. The molecule has 0 atom stereocenters. The third-order valence-corrected chi connectivity index (χ3v) is 7.57. The molecule has 1 aromatic heterocycles. The minimum atomic E-state index is -1.17. The molecule has 0 bridgehead atoms. The number of likely N-dealkylation sites (tertiary alicyclic amines) is 1. The third-order valence-electron chi connectivity index (χ3n) is 7.57. The highest BCUT2D eigenvalue weighted by atomic mass is 16.6. The Hall–Kier alpha value is -4.71. The number of nitrogens with zero attached hydrogens (tertiary/aromatic N) is 4. The van der Waals surface area contributed by atoms with E-state index in [0.717, 1.165) is 42.7 Å². The number of anilines is 2. The van der Waals surface area contributed by atoms with Crippen molar-refractivity contribution in [1.29, 1.82) is 0 Å². The molecule has 2 aromatic carbocycles. The molecule has 264 valence electrons. The Morgan fingerprint density at radius 1 is 0.898 bits per heavy atom. The van der Waals surface area contributed by atoms with Gasteiger partial charge in [0.05, 0.1) is 11.5 Å². The van der Waals surface area contributed by atoms with Crippen LogP contribution in [0.5, 0.6) is 5.88 Å². The van der Waals surface area contributed by atoms with Gasteiger partial charge in [-0.3, -0.25) is 15.0 Å². The first-order valence-corrected chi connectivity index (χ1v) is 16.9. The maximum Gasteiger partial charge on any atom is 0.426 e. The molecule has 1 aliphatic rings. The zero-order chi connectivity index (χ0) is 35.8. The number of hydrogen-bond donors (Lipinski definition) is 1. The molecular formula is C37H49N5O7. The van der Waals surface area contributed by atoms with E-state index in [9.17, 15) is 19.7 Å². The summed E-state index contributed by atoms with van der Waals surface area (Å²) in [5, 5.41) is 15.7. The van der Waals surface area contributed by atoms with E-state index >= 15 is 0 Å². The number of imide groups is 1. The predicted molar refractivity (Wildman–Crippen MR) is 190 cm³/mol. The van der Waals surface area contributed by atoms with Crippen LogP contribution < -0.4 is 15.0 Å². The second-order valence-electron chi connectivity index (χ2n) is 14.2. The zero-order valence-electron chi connectivity index (χ0n) is 29.7. The van der Waals surface area contributed by atoms with Crippen molar-refractivity contribution in [2.75, 3.05) is 29.9 Å². The van der Waals surface area contributed by atoms with Gasteiger partial charge in [0.25, 0.3) is 0 Å². The molecule has 1 N–H and O–H groups in total. The molecule has 4 rings (SSSR count). The summed E-state index contributed by atoms with van der Waals surface area (Å²) < 4.78 is 16.8. The lowest BCUT2D eigenvalue weighted by Crippen LogP contribution is -2.44. The van der Waals surface area contributed by atoms with Crippen molar-refractivity contribution in [2.45, 2.75) is 98.4 Å². The molecule has 49 heavy (non-hydrogen) atoms. The normalized spacial score (nSPS) is 13.5. The van der Waals surface area contributed by atoms with Crippen molar-refractivity contribution in [3.63, 3.8) is 0 Å². The molecule has 0 aliphatic carbocycles. The number of pyridine rings is 1. The van der Waals surface area contributed by atoms with Gasteiger partial charge in [0, 0.05) is 19.2 Å². The molecule has 1 fully saturated rings. The second kappa shape index (κ2) is 16.1. The van der Waals surface area contributed by atoms with Gasteiger partial charge < -0.3 is 19.5 Å². The summed E-state index contributed by atoms with van der Waals surface area (Å²) in [6, 6.07) is 17.9. The standard InChI is InChI=1S/C37H49N5O7/c1-8-9-22-47-31-23-30(32(42(45)46)33(39-31)41(34(43)48-36(2,3)4)35(44)49-37(5,6)7)38-24-26-12-16-28(17-13-26)29-18-14-27(15-19-29)25-40-20-10-11-21-40/h12-19,23H,8-11,20-22,24-25H2,1-7H3,(H,38,39). The lowest BCUT2D eigenvalue weighted by atomic mass is 10.0. The van der Waals surface area contributed by atoms with E-state index in [0.29, 0.717) is 11.3 Å². The molecule has 2 heterocycles. The van der Waals surface area contributed by atoms with Gasteiger partial charge in [0.15, 0.2) is 0 Å². The van der Waals surface area contributed by atoms with Crippen LogP contribution in [0.3, 0.4) is 0 Å². The second-order valence-corrected chi connectivity index (χ2v) is 14.2. The number of carbonyl (C=O) groups is 2. The number of nitro groups is 1. The first-order chi connectivity index (χ1) is 23.1. The van der Waals surface area contributed by atoms with Crippen LogP contribution in [-0.2, 0) is 22.6 Å². The smallest absolute Gasteiger partial charge is 0.426 e. The molecule has 0 radical (unpaired) electrons. The predicted octanol–water partition coefficient (Wildman–Crippen LogP) is 8.72. The summed E-state index contributed by atoms with van der Waals surface area (Å²) in [5.74, 6) is -0.578. The van der Waals surface area contributed by atoms with Crippen molar-refractivity contribution < 1.29 is 28.7 Å². The van der Waals surface area contributed by atoms with E-state index in [2.05, 4.69) is 39.5 Å². The number of nitrogens with one attached hydrogen (secondary N) is 1. The molecule has 1 saturated heterocycles. The van der Waals surface area contributed by atoms with Gasteiger partial charge in [-0.05, 0) is 96.1 Å². The van der Waals surface area contributed by atoms with Crippen LogP contribution in [0.1, 0.15) is 85.3 Å². The van der Waals surface area contributed by atoms with Gasteiger partial charge in [-0.2, -0.15) is 9.88 Å². The van der Waals surface area contributed by atoms with Crippen molar-refractivity contribution in [1.82, 2.24) is 9.88 Å². The van der Waals surface area contributed by atoms with Crippen LogP contribution in [0.15, 0.2) is 54.6 Å². The number of rotatable bonds is 12. The molecule has 12 nitrogen and oxygen atoms in total. The topological polar surface area (TPSA) is 136 Å². The number of benzene rings is 2.